The number of hydrogen-bond acceptors (Lipinski definition) is 5. The summed E-state index contributed by atoms with van der Waals surface area (Å²) in [5.74, 6) is -0.644. The Labute approximate surface area is 307 Å². The zero-order valence-corrected chi connectivity index (χ0v) is 32.1. The van der Waals surface area contributed by atoms with E-state index in [-0.39, 0.29) is 25.2 Å². The van der Waals surface area contributed by atoms with Gasteiger partial charge in [-0.05, 0) is 64.2 Å². The molecule has 0 bridgehead atoms. The van der Waals surface area contributed by atoms with Gasteiger partial charge < -0.3 is 14.6 Å². The van der Waals surface area contributed by atoms with Crippen LogP contribution in [0.25, 0.3) is 0 Å². The van der Waals surface area contributed by atoms with Crippen LogP contribution in [0.3, 0.4) is 0 Å². The molecule has 0 amide bonds. The summed E-state index contributed by atoms with van der Waals surface area (Å²) in [6.07, 6.45) is 55.1. The molecule has 5 heteroatoms. The molecule has 0 aliphatic rings. The van der Waals surface area contributed by atoms with Gasteiger partial charge in [-0.2, -0.15) is 0 Å². The molecule has 0 saturated carbocycles. The van der Waals surface area contributed by atoms with E-state index >= 15 is 0 Å². The number of carbonyl (C=O) groups excluding carboxylic acids is 2. The van der Waals surface area contributed by atoms with E-state index < -0.39 is 6.10 Å². The van der Waals surface area contributed by atoms with Crippen molar-refractivity contribution >= 4 is 11.9 Å². The van der Waals surface area contributed by atoms with E-state index in [9.17, 15) is 14.7 Å². The summed E-state index contributed by atoms with van der Waals surface area (Å²) in [5.41, 5.74) is 0. The Balaban J connectivity index is 3.58. The molecule has 0 spiro atoms. The molecule has 0 aromatic heterocycles. The highest BCUT2D eigenvalue weighted by molar-refractivity contribution is 5.70. The summed E-state index contributed by atoms with van der Waals surface area (Å²) in [6, 6.07) is 0. The van der Waals surface area contributed by atoms with Gasteiger partial charge in [0.05, 0.1) is 6.61 Å². The van der Waals surface area contributed by atoms with Crippen molar-refractivity contribution in [1.82, 2.24) is 0 Å². The number of aliphatic hydroxyl groups is 1. The Morgan fingerprint density at radius 1 is 0.480 bits per heavy atom. The molecule has 0 aliphatic carbocycles. The van der Waals surface area contributed by atoms with Crippen molar-refractivity contribution in [2.24, 2.45) is 0 Å². The van der Waals surface area contributed by atoms with E-state index in [4.69, 9.17) is 9.47 Å². The molecule has 0 aromatic rings. The van der Waals surface area contributed by atoms with Crippen molar-refractivity contribution in [2.75, 3.05) is 13.2 Å². The summed E-state index contributed by atoms with van der Waals surface area (Å²) in [7, 11) is 0. The van der Waals surface area contributed by atoms with E-state index in [0.29, 0.717) is 12.8 Å². The minimum atomic E-state index is -0.792. The molecule has 1 unspecified atom stereocenters. The first kappa shape index (κ1) is 47.1. The Kier molecular flexibility index (Phi) is 38.1. The fraction of sp³-hybridized carbons (Fsp3) is 0.644. The number of rotatable bonds is 35. The first-order valence-electron chi connectivity index (χ1n) is 20.2. The van der Waals surface area contributed by atoms with Crippen LogP contribution >= 0.6 is 0 Å². The van der Waals surface area contributed by atoms with E-state index in [1.165, 1.54) is 70.6 Å². The van der Waals surface area contributed by atoms with E-state index in [2.05, 4.69) is 62.5 Å². The minimum absolute atomic E-state index is 0.0907. The average Bonchev–Trinajstić information content (AvgIpc) is 3.12. The third-order valence-corrected chi connectivity index (χ3v) is 8.28. The Bertz CT molecular complexity index is 968. The lowest BCUT2D eigenvalue weighted by atomic mass is 10.0. The second-order valence-electron chi connectivity index (χ2n) is 13.0. The number of unbranched alkanes of at least 4 members (excludes halogenated alkanes) is 16. The highest BCUT2D eigenvalue weighted by atomic mass is 16.6. The smallest absolute Gasteiger partial charge is 0.306 e. The summed E-state index contributed by atoms with van der Waals surface area (Å²) < 4.78 is 10.6. The zero-order chi connectivity index (χ0) is 36.4. The van der Waals surface area contributed by atoms with Crippen LogP contribution in [0.2, 0.25) is 0 Å². The van der Waals surface area contributed by atoms with Crippen molar-refractivity contribution in [1.29, 1.82) is 0 Å². The Morgan fingerprint density at radius 3 is 1.46 bits per heavy atom. The van der Waals surface area contributed by atoms with Crippen LogP contribution in [-0.2, 0) is 19.1 Å². The topological polar surface area (TPSA) is 72.8 Å². The lowest BCUT2D eigenvalue weighted by molar-refractivity contribution is -0.161. The molecule has 1 N–H and O–H groups in total. The van der Waals surface area contributed by atoms with E-state index in [0.717, 1.165) is 70.6 Å². The number of allylic oxidation sites excluding steroid dienone is 14. The number of aliphatic hydroxyl groups excluding tert-OH is 1. The van der Waals surface area contributed by atoms with Crippen LogP contribution in [-0.4, -0.2) is 36.4 Å². The van der Waals surface area contributed by atoms with Gasteiger partial charge in [-0.25, -0.2) is 0 Å². The monoisotopic (exact) mass is 695 g/mol. The van der Waals surface area contributed by atoms with Gasteiger partial charge in [-0.1, -0.05) is 176 Å². The van der Waals surface area contributed by atoms with Crippen LogP contribution in [0.4, 0.5) is 0 Å². The highest BCUT2D eigenvalue weighted by Gasteiger charge is 2.16. The summed E-state index contributed by atoms with van der Waals surface area (Å²) in [4.78, 5) is 24.2. The van der Waals surface area contributed by atoms with Gasteiger partial charge >= 0.3 is 11.9 Å². The maximum atomic E-state index is 12.2. The SMILES string of the molecule is CC/C=C/C=C/C=C/C=C/CCCCCC(=O)OCC(CO)OC(=O)CCCCCCCCCCCCCCC/C=C/C/C=C/C/C=C/CC. The van der Waals surface area contributed by atoms with Crippen molar-refractivity contribution in [3.63, 3.8) is 0 Å². The van der Waals surface area contributed by atoms with Crippen molar-refractivity contribution in [3.8, 4) is 0 Å². The van der Waals surface area contributed by atoms with E-state index in [1.807, 2.05) is 36.5 Å². The Hall–Kier alpha value is -2.92. The number of carbonyl (C=O) groups is 2. The van der Waals surface area contributed by atoms with Crippen LogP contribution in [0.1, 0.15) is 168 Å². The summed E-state index contributed by atoms with van der Waals surface area (Å²) in [6.45, 7) is 3.84. The van der Waals surface area contributed by atoms with Gasteiger partial charge in [0.1, 0.15) is 6.61 Å². The average molecular weight is 695 g/mol. The van der Waals surface area contributed by atoms with Gasteiger partial charge in [-0.15, -0.1) is 0 Å². The van der Waals surface area contributed by atoms with Crippen molar-refractivity contribution in [2.45, 2.75) is 174 Å². The molecule has 1 atom stereocenters. The zero-order valence-electron chi connectivity index (χ0n) is 32.1. The van der Waals surface area contributed by atoms with Crippen molar-refractivity contribution < 1.29 is 24.2 Å². The normalized spacial score (nSPS) is 13.1. The molecule has 0 rings (SSSR count). The molecular formula is C45H74O5. The van der Waals surface area contributed by atoms with Crippen LogP contribution < -0.4 is 0 Å². The van der Waals surface area contributed by atoms with Gasteiger partial charge in [0.15, 0.2) is 6.10 Å². The fourth-order valence-corrected chi connectivity index (χ4v) is 5.28. The van der Waals surface area contributed by atoms with Gasteiger partial charge in [0.2, 0.25) is 0 Å². The molecule has 0 aliphatic heterocycles. The molecule has 284 valence electrons. The van der Waals surface area contributed by atoms with Crippen molar-refractivity contribution in [3.05, 3.63) is 85.1 Å². The lowest BCUT2D eigenvalue weighted by Gasteiger charge is -2.15. The molecule has 0 radical (unpaired) electrons. The molecule has 0 heterocycles. The second kappa shape index (κ2) is 40.5. The first-order valence-corrected chi connectivity index (χ1v) is 20.2. The second-order valence-corrected chi connectivity index (χ2v) is 13.0. The van der Waals surface area contributed by atoms with Gasteiger partial charge in [-0.3, -0.25) is 9.59 Å². The summed E-state index contributed by atoms with van der Waals surface area (Å²) >= 11 is 0. The largest absolute Gasteiger partial charge is 0.462 e. The highest BCUT2D eigenvalue weighted by Crippen LogP contribution is 2.14. The predicted octanol–water partition coefficient (Wildman–Crippen LogP) is 12.7. The lowest BCUT2D eigenvalue weighted by Crippen LogP contribution is -2.28. The maximum absolute atomic E-state index is 12.2. The van der Waals surface area contributed by atoms with Crippen LogP contribution in [0.15, 0.2) is 85.1 Å². The Morgan fingerprint density at radius 2 is 0.900 bits per heavy atom. The molecule has 0 fully saturated rings. The number of hydrogen-bond donors (Lipinski definition) is 1. The van der Waals surface area contributed by atoms with Gasteiger partial charge in [0.25, 0.3) is 0 Å². The third kappa shape index (κ3) is 37.9. The standard InChI is InChI=1S/C45H74O5/c1-3-5-7-9-11-13-15-17-18-19-20-21-22-23-24-25-26-28-30-32-34-36-38-40-45(48)50-43(41-46)42-49-44(47)39-37-35-33-31-29-27-16-14-12-10-8-6-4-2/h5-8,10-14,16-18,27,29,43,46H,3-4,9,15,19-26,28,30-42H2,1-2H3/b7-5+,8-6+,12-10+,13-11+,16-14+,18-17+,29-27+. The van der Waals surface area contributed by atoms with Gasteiger partial charge in [0, 0.05) is 12.8 Å². The fourth-order valence-electron chi connectivity index (χ4n) is 5.28. The molecule has 0 saturated heterocycles. The molecule has 5 nitrogen and oxygen atoms in total. The number of esters is 2. The molecule has 50 heavy (non-hydrogen) atoms. The minimum Gasteiger partial charge on any atom is -0.462 e. The predicted molar refractivity (Wildman–Crippen MR) is 214 cm³/mol. The van der Waals surface area contributed by atoms with E-state index in [1.54, 1.807) is 0 Å². The molecule has 0 aromatic carbocycles. The molecular weight excluding hydrogens is 620 g/mol. The van der Waals surface area contributed by atoms with Crippen LogP contribution in [0.5, 0.6) is 0 Å². The summed E-state index contributed by atoms with van der Waals surface area (Å²) in [5, 5.41) is 9.55. The first-order chi connectivity index (χ1) is 24.6. The third-order valence-electron chi connectivity index (χ3n) is 8.28. The quantitative estimate of drug-likeness (QED) is 0.0309. The number of ether oxygens (including phenoxy) is 2. The maximum Gasteiger partial charge on any atom is 0.306 e. The van der Waals surface area contributed by atoms with Crippen LogP contribution in [0, 0.1) is 0 Å².